The SMILES string of the molecule is CCN1C(=O)/C(=C/c2ccc(O)c(Cl)c2)SC1=Nc1ccc(N2CCCCC2)cc1. The van der Waals surface area contributed by atoms with Gasteiger partial charge in [-0.25, -0.2) is 4.99 Å². The van der Waals surface area contributed by atoms with Crippen molar-refractivity contribution in [3.05, 3.63) is 58.0 Å². The van der Waals surface area contributed by atoms with Gasteiger partial charge in [-0.2, -0.15) is 0 Å². The Kier molecular flexibility index (Phi) is 6.35. The van der Waals surface area contributed by atoms with Crippen molar-refractivity contribution in [2.45, 2.75) is 26.2 Å². The molecule has 7 heteroatoms. The van der Waals surface area contributed by atoms with Crippen molar-refractivity contribution in [2.24, 2.45) is 4.99 Å². The number of halogens is 1. The Morgan fingerprint density at radius 3 is 2.53 bits per heavy atom. The number of anilines is 1. The molecular formula is C23H24ClN3O2S. The van der Waals surface area contributed by atoms with E-state index in [9.17, 15) is 9.90 Å². The van der Waals surface area contributed by atoms with E-state index >= 15 is 0 Å². The summed E-state index contributed by atoms with van der Waals surface area (Å²) in [7, 11) is 0. The van der Waals surface area contributed by atoms with Gasteiger partial charge in [-0.1, -0.05) is 17.7 Å². The molecule has 0 unspecified atom stereocenters. The molecule has 1 amide bonds. The van der Waals surface area contributed by atoms with E-state index in [4.69, 9.17) is 16.6 Å². The summed E-state index contributed by atoms with van der Waals surface area (Å²) < 4.78 is 0. The third-order valence-corrected chi connectivity index (χ3v) is 6.58. The second-order valence-electron chi connectivity index (χ2n) is 7.33. The van der Waals surface area contributed by atoms with Crippen LogP contribution >= 0.6 is 23.4 Å². The van der Waals surface area contributed by atoms with E-state index in [1.807, 2.05) is 19.1 Å². The maximum atomic E-state index is 12.8. The highest BCUT2D eigenvalue weighted by atomic mass is 35.5. The van der Waals surface area contributed by atoms with Crippen molar-refractivity contribution in [3.8, 4) is 5.75 Å². The number of rotatable bonds is 4. The van der Waals surface area contributed by atoms with Crippen LogP contribution in [0.5, 0.6) is 5.75 Å². The number of likely N-dealkylation sites (N-methyl/N-ethyl adjacent to an activating group) is 1. The Morgan fingerprint density at radius 2 is 1.87 bits per heavy atom. The Balaban J connectivity index is 1.55. The average Bonchev–Trinajstić information content (AvgIpc) is 3.05. The van der Waals surface area contributed by atoms with E-state index in [1.54, 1.807) is 23.1 Å². The molecule has 0 aromatic heterocycles. The molecule has 0 bridgehead atoms. The number of benzene rings is 2. The van der Waals surface area contributed by atoms with Crippen LogP contribution in [0.3, 0.4) is 0 Å². The molecule has 1 N–H and O–H groups in total. The molecule has 0 saturated carbocycles. The predicted octanol–water partition coefficient (Wildman–Crippen LogP) is 5.66. The number of phenolic OH excluding ortho intramolecular Hbond substituents is 1. The van der Waals surface area contributed by atoms with Gasteiger partial charge in [0.1, 0.15) is 5.75 Å². The number of hydrogen-bond acceptors (Lipinski definition) is 5. The molecule has 0 atom stereocenters. The first kappa shape index (κ1) is 20.8. The van der Waals surface area contributed by atoms with Crippen molar-refractivity contribution in [3.63, 3.8) is 0 Å². The van der Waals surface area contributed by atoms with E-state index in [-0.39, 0.29) is 16.7 Å². The van der Waals surface area contributed by atoms with Crippen LogP contribution in [0.15, 0.2) is 52.4 Å². The van der Waals surface area contributed by atoms with Gasteiger partial charge >= 0.3 is 0 Å². The fourth-order valence-corrected chi connectivity index (χ4v) is 4.89. The van der Waals surface area contributed by atoms with Crippen molar-refractivity contribution in [1.82, 2.24) is 4.90 Å². The van der Waals surface area contributed by atoms with E-state index in [2.05, 4.69) is 17.0 Å². The summed E-state index contributed by atoms with van der Waals surface area (Å²) >= 11 is 7.34. The van der Waals surface area contributed by atoms with Crippen LogP contribution in [0.4, 0.5) is 11.4 Å². The number of phenols is 1. The van der Waals surface area contributed by atoms with Gasteiger partial charge in [0.15, 0.2) is 5.17 Å². The fourth-order valence-electron chi connectivity index (χ4n) is 3.64. The largest absolute Gasteiger partial charge is 0.506 e. The minimum atomic E-state index is -0.0737. The molecule has 4 rings (SSSR count). The average molecular weight is 442 g/mol. The number of amides is 1. The van der Waals surface area contributed by atoms with Gasteiger partial charge < -0.3 is 10.0 Å². The van der Waals surface area contributed by atoms with Crippen molar-refractivity contribution >= 4 is 51.9 Å². The number of thioether (sulfide) groups is 1. The number of amidine groups is 1. The molecule has 2 aromatic rings. The Bertz CT molecular complexity index is 998. The maximum Gasteiger partial charge on any atom is 0.266 e. The summed E-state index contributed by atoms with van der Waals surface area (Å²) in [6.45, 7) is 4.70. The van der Waals surface area contributed by atoms with Crippen molar-refractivity contribution in [1.29, 1.82) is 0 Å². The monoisotopic (exact) mass is 441 g/mol. The minimum Gasteiger partial charge on any atom is -0.506 e. The Hall–Kier alpha value is -2.44. The molecule has 156 valence electrons. The molecule has 2 heterocycles. The zero-order chi connectivity index (χ0) is 21.1. The van der Waals surface area contributed by atoms with Crippen LogP contribution in [0, 0.1) is 0 Å². The minimum absolute atomic E-state index is 0.0228. The molecule has 5 nitrogen and oxygen atoms in total. The van der Waals surface area contributed by atoms with E-state index in [1.165, 1.54) is 42.8 Å². The summed E-state index contributed by atoms with van der Waals surface area (Å²) in [5.74, 6) is -0.0509. The summed E-state index contributed by atoms with van der Waals surface area (Å²) in [4.78, 5) is 22.2. The molecule has 2 aliphatic heterocycles. The van der Waals surface area contributed by atoms with Gasteiger partial charge in [0.2, 0.25) is 0 Å². The fraction of sp³-hybridized carbons (Fsp3) is 0.304. The van der Waals surface area contributed by atoms with Crippen LogP contribution in [-0.4, -0.2) is 40.7 Å². The third-order valence-electron chi connectivity index (χ3n) is 5.27. The Morgan fingerprint density at radius 1 is 1.13 bits per heavy atom. The highest BCUT2D eigenvalue weighted by Gasteiger charge is 2.32. The quantitative estimate of drug-likeness (QED) is 0.622. The summed E-state index contributed by atoms with van der Waals surface area (Å²) in [5, 5.41) is 10.5. The summed E-state index contributed by atoms with van der Waals surface area (Å²) in [6, 6.07) is 13.1. The number of carbonyl (C=O) groups is 1. The molecule has 30 heavy (non-hydrogen) atoms. The number of aromatic hydroxyl groups is 1. The van der Waals surface area contributed by atoms with E-state index in [0.717, 1.165) is 24.3 Å². The van der Waals surface area contributed by atoms with Crippen molar-refractivity contribution in [2.75, 3.05) is 24.5 Å². The number of nitrogens with zero attached hydrogens (tertiary/aromatic N) is 3. The first-order chi connectivity index (χ1) is 14.5. The van der Waals surface area contributed by atoms with Crippen LogP contribution in [-0.2, 0) is 4.79 Å². The second kappa shape index (κ2) is 9.14. The van der Waals surface area contributed by atoms with Gasteiger partial charge in [0.25, 0.3) is 5.91 Å². The number of hydrogen-bond donors (Lipinski definition) is 1. The highest BCUT2D eigenvalue weighted by Crippen LogP contribution is 2.35. The molecular weight excluding hydrogens is 418 g/mol. The molecule has 0 radical (unpaired) electrons. The standard InChI is InChI=1S/C23H24ClN3O2S/c1-2-27-22(29)21(15-16-6-11-20(28)19(24)14-16)30-23(27)25-17-7-9-18(10-8-17)26-12-4-3-5-13-26/h6-11,14-15,28H,2-5,12-13H2,1H3/b21-15-,25-23?. The molecule has 2 aliphatic rings. The Labute approximate surface area is 186 Å². The van der Waals surface area contributed by atoms with Gasteiger partial charge in [-0.3, -0.25) is 9.69 Å². The van der Waals surface area contributed by atoms with Crippen LogP contribution in [0.2, 0.25) is 5.02 Å². The van der Waals surface area contributed by atoms with E-state index < -0.39 is 0 Å². The highest BCUT2D eigenvalue weighted by molar-refractivity contribution is 8.18. The first-order valence-corrected chi connectivity index (χ1v) is 11.4. The van der Waals surface area contributed by atoms with Gasteiger partial charge in [0, 0.05) is 25.3 Å². The lowest BCUT2D eigenvalue weighted by Crippen LogP contribution is -2.29. The number of carbonyl (C=O) groups excluding carboxylic acids is 1. The molecule has 2 saturated heterocycles. The normalized spacial score (nSPS) is 19.9. The van der Waals surface area contributed by atoms with Gasteiger partial charge in [-0.05, 0) is 86.0 Å². The van der Waals surface area contributed by atoms with Crippen LogP contribution < -0.4 is 4.90 Å². The lowest BCUT2D eigenvalue weighted by Gasteiger charge is -2.28. The second-order valence-corrected chi connectivity index (χ2v) is 8.75. The lowest BCUT2D eigenvalue weighted by molar-refractivity contribution is -0.122. The summed E-state index contributed by atoms with van der Waals surface area (Å²) in [6.07, 6.45) is 5.58. The zero-order valence-corrected chi connectivity index (χ0v) is 18.4. The topological polar surface area (TPSA) is 56.1 Å². The van der Waals surface area contributed by atoms with Crippen LogP contribution in [0.1, 0.15) is 31.7 Å². The molecule has 0 aliphatic carbocycles. The van der Waals surface area contributed by atoms with Crippen molar-refractivity contribution < 1.29 is 9.90 Å². The molecule has 0 spiro atoms. The lowest BCUT2D eigenvalue weighted by atomic mass is 10.1. The first-order valence-electron chi connectivity index (χ1n) is 10.2. The predicted molar refractivity (Wildman–Crippen MR) is 126 cm³/mol. The van der Waals surface area contributed by atoms with E-state index in [0.29, 0.717) is 16.6 Å². The molecule has 2 aromatic carbocycles. The number of aliphatic imine (C=N–C) groups is 1. The van der Waals surface area contributed by atoms with Gasteiger partial charge in [-0.15, -0.1) is 0 Å². The van der Waals surface area contributed by atoms with Crippen LogP contribution in [0.25, 0.3) is 6.08 Å². The summed E-state index contributed by atoms with van der Waals surface area (Å²) in [5.41, 5.74) is 2.82. The van der Waals surface area contributed by atoms with Gasteiger partial charge in [0.05, 0.1) is 15.6 Å². The zero-order valence-electron chi connectivity index (χ0n) is 16.8. The maximum absolute atomic E-state index is 12.8. The molecule has 2 fully saturated rings. The third kappa shape index (κ3) is 4.50. The smallest absolute Gasteiger partial charge is 0.266 e. The number of piperidine rings is 1.